The van der Waals surface area contributed by atoms with Gasteiger partial charge in [0, 0.05) is 6.20 Å². The molecule has 27 heavy (non-hydrogen) atoms. The number of amides is 1. The van der Waals surface area contributed by atoms with E-state index in [0.717, 1.165) is 22.1 Å². The van der Waals surface area contributed by atoms with E-state index in [9.17, 15) is 4.79 Å². The highest BCUT2D eigenvalue weighted by Gasteiger charge is 2.22. The third-order valence-corrected chi connectivity index (χ3v) is 5.15. The number of rotatable bonds is 5. The number of nitrogens with zero attached hydrogens (tertiary/aromatic N) is 2. The van der Waals surface area contributed by atoms with Gasteiger partial charge in [-0.3, -0.25) is 4.79 Å². The highest BCUT2D eigenvalue weighted by molar-refractivity contribution is 7.13. The summed E-state index contributed by atoms with van der Waals surface area (Å²) in [6, 6.07) is 17.2. The number of hydrogen-bond acceptors (Lipinski definition) is 4. The number of carbonyl (C=O) groups is 1. The molecule has 0 spiro atoms. The number of thiophene rings is 1. The van der Waals surface area contributed by atoms with Crippen LogP contribution >= 0.6 is 11.3 Å². The van der Waals surface area contributed by atoms with Crippen LogP contribution in [0.15, 0.2) is 70.6 Å². The Kier molecular flexibility index (Phi) is 4.64. The van der Waals surface area contributed by atoms with Crippen molar-refractivity contribution in [2.24, 2.45) is 0 Å². The van der Waals surface area contributed by atoms with Gasteiger partial charge in [-0.2, -0.15) is 5.10 Å². The average Bonchev–Trinajstić information content (AvgIpc) is 3.42. The lowest BCUT2D eigenvalue weighted by Crippen LogP contribution is -2.26. The van der Waals surface area contributed by atoms with Gasteiger partial charge in [-0.1, -0.05) is 24.3 Å². The van der Waals surface area contributed by atoms with Crippen LogP contribution in [-0.4, -0.2) is 15.7 Å². The Hall–Kier alpha value is -3.12. The molecular formula is C21H19N3O2S. The van der Waals surface area contributed by atoms with Crippen LogP contribution in [0.1, 0.15) is 34.8 Å². The molecule has 6 heteroatoms. The molecule has 4 aromatic rings. The number of furan rings is 1. The molecule has 0 aliphatic heterocycles. The van der Waals surface area contributed by atoms with Gasteiger partial charge in [-0.15, -0.1) is 11.3 Å². The standard InChI is InChI=1S/C21H19N3O2S/c1-14-10-11-18(26-14)15(2)22-21(25)17-13-24(16-7-4-3-5-8-16)23-20(17)19-9-6-12-27-19/h3-13,15H,1-2H3,(H,22,25). The van der Waals surface area contributed by atoms with Gasteiger partial charge < -0.3 is 9.73 Å². The van der Waals surface area contributed by atoms with E-state index in [-0.39, 0.29) is 11.9 Å². The minimum absolute atomic E-state index is 0.179. The van der Waals surface area contributed by atoms with Crippen molar-refractivity contribution in [2.45, 2.75) is 19.9 Å². The Balaban J connectivity index is 1.68. The maximum Gasteiger partial charge on any atom is 0.255 e. The molecule has 0 fully saturated rings. The maximum atomic E-state index is 13.0. The zero-order chi connectivity index (χ0) is 18.8. The van der Waals surface area contributed by atoms with Crippen molar-refractivity contribution >= 4 is 17.2 Å². The lowest BCUT2D eigenvalue weighted by molar-refractivity contribution is 0.0936. The van der Waals surface area contributed by atoms with E-state index >= 15 is 0 Å². The molecule has 3 heterocycles. The number of nitrogens with one attached hydrogen (secondary N) is 1. The van der Waals surface area contributed by atoms with E-state index in [0.29, 0.717) is 11.3 Å². The number of hydrogen-bond donors (Lipinski definition) is 1. The van der Waals surface area contributed by atoms with Crippen LogP contribution < -0.4 is 5.32 Å². The van der Waals surface area contributed by atoms with Crippen molar-refractivity contribution in [1.82, 2.24) is 15.1 Å². The van der Waals surface area contributed by atoms with Crippen LogP contribution in [0, 0.1) is 6.92 Å². The molecule has 0 saturated heterocycles. The molecule has 4 rings (SSSR count). The van der Waals surface area contributed by atoms with Crippen molar-refractivity contribution in [3.8, 4) is 16.3 Å². The third kappa shape index (κ3) is 3.57. The second kappa shape index (κ2) is 7.25. The van der Waals surface area contributed by atoms with Gasteiger partial charge in [-0.25, -0.2) is 4.68 Å². The minimum atomic E-state index is -0.234. The Morgan fingerprint density at radius 1 is 1.15 bits per heavy atom. The molecule has 3 aromatic heterocycles. The van der Waals surface area contributed by atoms with E-state index in [1.807, 2.05) is 73.8 Å². The second-order valence-electron chi connectivity index (χ2n) is 6.29. The summed E-state index contributed by atoms with van der Waals surface area (Å²) in [6.07, 6.45) is 1.78. The Bertz CT molecular complexity index is 1050. The van der Waals surface area contributed by atoms with Gasteiger partial charge in [0.25, 0.3) is 5.91 Å². The number of aromatic nitrogens is 2. The van der Waals surface area contributed by atoms with Gasteiger partial charge in [-0.05, 0) is 49.6 Å². The van der Waals surface area contributed by atoms with E-state index in [4.69, 9.17) is 4.42 Å². The molecule has 0 saturated carbocycles. The van der Waals surface area contributed by atoms with Crippen LogP contribution in [0.5, 0.6) is 0 Å². The molecule has 0 aliphatic rings. The molecular weight excluding hydrogens is 358 g/mol. The first-order chi connectivity index (χ1) is 13.1. The van der Waals surface area contributed by atoms with Crippen LogP contribution in [0.2, 0.25) is 0 Å². The summed E-state index contributed by atoms with van der Waals surface area (Å²) in [5.74, 6) is 1.37. The summed E-state index contributed by atoms with van der Waals surface area (Å²) in [4.78, 5) is 13.9. The van der Waals surface area contributed by atoms with E-state index in [1.165, 1.54) is 0 Å². The summed E-state index contributed by atoms with van der Waals surface area (Å²) >= 11 is 1.56. The Labute approximate surface area is 161 Å². The molecule has 1 aromatic carbocycles. The van der Waals surface area contributed by atoms with Crippen LogP contribution in [0.25, 0.3) is 16.3 Å². The minimum Gasteiger partial charge on any atom is -0.464 e. The largest absolute Gasteiger partial charge is 0.464 e. The van der Waals surface area contributed by atoms with Gasteiger partial charge in [0.1, 0.15) is 17.2 Å². The summed E-state index contributed by atoms with van der Waals surface area (Å²) in [5, 5.41) is 9.66. The molecule has 1 N–H and O–H groups in total. The molecule has 136 valence electrons. The summed E-state index contributed by atoms with van der Waals surface area (Å²) in [7, 11) is 0. The molecule has 5 nitrogen and oxygen atoms in total. The smallest absolute Gasteiger partial charge is 0.255 e. The molecule has 0 aliphatic carbocycles. The first kappa shape index (κ1) is 17.3. The zero-order valence-electron chi connectivity index (χ0n) is 15.0. The summed E-state index contributed by atoms with van der Waals surface area (Å²) in [6.45, 7) is 3.79. The van der Waals surface area contributed by atoms with Crippen molar-refractivity contribution in [1.29, 1.82) is 0 Å². The van der Waals surface area contributed by atoms with Gasteiger partial charge in [0.05, 0.1) is 22.2 Å². The lowest BCUT2D eigenvalue weighted by atomic mass is 10.2. The third-order valence-electron chi connectivity index (χ3n) is 4.27. The highest BCUT2D eigenvalue weighted by Crippen LogP contribution is 2.28. The fourth-order valence-electron chi connectivity index (χ4n) is 2.88. The van der Waals surface area contributed by atoms with Crippen LogP contribution in [-0.2, 0) is 0 Å². The van der Waals surface area contributed by atoms with Crippen molar-refractivity contribution < 1.29 is 9.21 Å². The first-order valence-electron chi connectivity index (χ1n) is 8.68. The molecule has 1 amide bonds. The van der Waals surface area contributed by atoms with E-state index < -0.39 is 0 Å². The van der Waals surface area contributed by atoms with Crippen LogP contribution in [0.4, 0.5) is 0 Å². The van der Waals surface area contributed by atoms with E-state index in [1.54, 1.807) is 22.2 Å². The average molecular weight is 377 g/mol. The number of benzene rings is 1. The molecule has 1 unspecified atom stereocenters. The number of aryl methyl sites for hydroxylation is 1. The first-order valence-corrected chi connectivity index (χ1v) is 9.56. The SMILES string of the molecule is Cc1ccc(C(C)NC(=O)c2cn(-c3ccccc3)nc2-c2cccs2)o1. The molecule has 0 bridgehead atoms. The van der Waals surface area contributed by atoms with Gasteiger partial charge in [0.15, 0.2) is 0 Å². The topological polar surface area (TPSA) is 60.1 Å². The normalized spacial score (nSPS) is 12.1. The van der Waals surface area contributed by atoms with Crippen LogP contribution in [0.3, 0.4) is 0 Å². The maximum absolute atomic E-state index is 13.0. The van der Waals surface area contributed by atoms with Crippen molar-refractivity contribution in [2.75, 3.05) is 0 Å². The predicted octanol–water partition coefficient (Wildman–Crippen LogP) is 4.99. The van der Waals surface area contributed by atoms with Gasteiger partial charge >= 0.3 is 0 Å². The monoisotopic (exact) mass is 377 g/mol. The van der Waals surface area contributed by atoms with Gasteiger partial charge in [0.2, 0.25) is 0 Å². The van der Waals surface area contributed by atoms with Crippen molar-refractivity contribution in [3.05, 3.63) is 83.3 Å². The highest BCUT2D eigenvalue weighted by atomic mass is 32.1. The summed E-state index contributed by atoms with van der Waals surface area (Å²) < 4.78 is 7.37. The fraction of sp³-hybridized carbons (Fsp3) is 0.143. The predicted molar refractivity (Wildman–Crippen MR) is 106 cm³/mol. The number of carbonyl (C=O) groups excluding carboxylic acids is 1. The number of para-hydroxylation sites is 1. The van der Waals surface area contributed by atoms with Crippen molar-refractivity contribution in [3.63, 3.8) is 0 Å². The van der Waals surface area contributed by atoms with E-state index in [2.05, 4.69) is 10.4 Å². The Morgan fingerprint density at radius 3 is 2.63 bits per heavy atom. The summed E-state index contributed by atoms with van der Waals surface area (Å²) in [5.41, 5.74) is 2.12. The lowest BCUT2D eigenvalue weighted by Gasteiger charge is -2.11. The fourth-order valence-corrected chi connectivity index (χ4v) is 3.60. The molecule has 1 atom stereocenters. The zero-order valence-corrected chi connectivity index (χ0v) is 15.9. The second-order valence-corrected chi connectivity index (χ2v) is 7.24. The molecule has 0 radical (unpaired) electrons. The quantitative estimate of drug-likeness (QED) is 0.533. The Morgan fingerprint density at radius 2 is 1.96 bits per heavy atom.